The molecular weight excluding hydrogens is 530 g/mol. The number of hydrogen-bond acceptors (Lipinski definition) is 7. The lowest BCUT2D eigenvalue weighted by Gasteiger charge is -2.24. The van der Waals surface area contributed by atoms with Crippen LogP contribution in [0.1, 0.15) is 64.7 Å². The minimum atomic E-state index is -3.67. The molecule has 40 heavy (non-hydrogen) atoms. The maximum atomic E-state index is 13.3. The Morgan fingerprint density at radius 3 is 2.60 bits per heavy atom. The smallest absolute Gasteiger partial charge is 0.271 e. The summed E-state index contributed by atoms with van der Waals surface area (Å²) in [4.78, 5) is 40.3. The van der Waals surface area contributed by atoms with Gasteiger partial charge in [0.15, 0.2) is 15.7 Å². The molecule has 2 N–H and O–H groups in total. The molecule has 10 nitrogen and oxygen atoms in total. The summed E-state index contributed by atoms with van der Waals surface area (Å²) < 4.78 is 31.0. The average molecular weight is 564 g/mol. The number of nitrogens with zero attached hydrogens (tertiary/aromatic N) is 3. The number of imidazole rings is 1. The summed E-state index contributed by atoms with van der Waals surface area (Å²) in [5.41, 5.74) is 3.89. The summed E-state index contributed by atoms with van der Waals surface area (Å²) in [6.07, 6.45) is 6.50. The summed E-state index contributed by atoms with van der Waals surface area (Å²) in [5.74, 6) is 0.465. The first-order chi connectivity index (χ1) is 19.1. The van der Waals surface area contributed by atoms with Gasteiger partial charge in [0, 0.05) is 50.0 Å². The number of carbonyl (C=O) groups is 2. The quantitative estimate of drug-likeness (QED) is 0.449. The number of nitrogens with one attached hydrogen (secondary N) is 2. The van der Waals surface area contributed by atoms with Gasteiger partial charge in [-0.2, -0.15) is 0 Å². The summed E-state index contributed by atoms with van der Waals surface area (Å²) in [6.45, 7) is 5.48. The van der Waals surface area contributed by atoms with E-state index < -0.39 is 9.84 Å². The zero-order valence-corrected chi connectivity index (χ0v) is 23.7. The molecule has 11 heteroatoms. The summed E-state index contributed by atoms with van der Waals surface area (Å²) >= 11 is 0. The molecule has 1 saturated carbocycles. The van der Waals surface area contributed by atoms with Crippen LogP contribution in [0.3, 0.4) is 0 Å². The van der Waals surface area contributed by atoms with E-state index in [4.69, 9.17) is 4.74 Å². The van der Waals surface area contributed by atoms with Crippen LogP contribution in [0.2, 0.25) is 0 Å². The number of ether oxygens (including phenoxy) is 1. The van der Waals surface area contributed by atoms with Gasteiger partial charge >= 0.3 is 0 Å². The van der Waals surface area contributed by atoms with Gasteiger partial charge in [-0.05, 0) is 86.4 Å². The van der Waals surface area contributed by atoms with Crippen molar-refractivity contribution in [2.45, 2.75) is 63.1 Å². The minimum absolute atomic E-state index is 0.0507. The van der Waals surface area contributed by atoms with Crippen LogP contribution >= 0.6 is 0 Å². The van der Waals surface area contributed by atoms with Crippen LogP contribution in [0.4, 0.5) is 0 Å². The van der Waals surface area contributed by atoms with Crippen molar-refractivity contribution < 1.29 is 22.7 Å². The number of aromatic nitrogens is 3. The summed E-state index contributed by atoms with van der Waals surface area (Å²) in [7, 11) is -3.67. The zero-order valence-electron chi connectivity index (χ0n) is 22.9. The Hall–Kier alpha value is -3.57. The van der Waals surface area contributed by atoms with Crippen molar-refractivity contribution in [3.8, 4) is 22.6 Å². The molecule has 2 fully saturated rings. The number of sulfone groups is 1. The molecule has 2 aliphatic heterocycles. The standard InChI is InChI=1S/C29H33N5O5S/c1-16-26(28(35)32-22-7-10-39-11-8-22)33-27(31-16)23-13-19(6-9-30-23)20-12-21-15-34(17(2)18-4-5-18)29(36)25(21)24(14-20)40(3,37)38/h6,9,12-14,17-18,22H,4-5,7-8,10-11,15H2,1-3H3,(H,31,33)(H,32,35)/t17-/m0/s1. The van der Waals surface area contributed by atoms with Gasteiger partial charge in [-0.1, -0.05) is 0 Å². The molecule has 210 valence electrons. The van der Waals surface area contributed by atoms with E-state index in [1.54, 1.807) is 30.2 Å². The molecule has 6 rings (SSSR count). The van der Waals surface area contributed by atoms with Crippen LogP contribution in [-0.2, 0) is 21.1 Å². The number of hydrogen-bond donors (Lipinski definition) is 2. The Balaban J connectivity index is 1.32. The van der Waals surface area contributed by atoms with Gasteiger partial charge in [-0.3, -0.25) is 14.6 Å². The summed E-state index contributed by atoms with van der Waals surface area (Å²) in [5, 5.41) is 3.04. The number of amides is 2. The Labute approximate surface area is 233 Å². The third-order valence-electron chi connectivity index (χ3n) is 8.19. The lowest BCUT2D eigenvalue weighted by Crippen LogP contribution is -2.39. The zero-order chi connectivity index (χ0) is 28.2. The predicted molar refractivity (Wildman–Crippen MR) is 148 cm³/mol. The van der Waals surface area contributed by atoms with Crippen molar-refractivity contribution in [2.75, 3.05) is 19.5 Å². The lowest BCUT2D eigenvalue weighted by atomic mass is 10.0. The molecule has 2 amide bonds. The van der Waals surface area contributed by atoms with Gasteiger partial charge in [0.1, 0.15) is 11.4 Å². The van der Waals surface area contributed by atoms with E-state index in [9.17, 15) is 18.0 Å². The van der Waals surface area contributed by atoms with E-state index in [1.165, 1.54) is 0 Å². The van der Waals surface area contributed by atoms with Gasteiger partial charge < -0.3 is 19.9 Å². The molecular formula is C29H33N5O5S. The number of carbonyl (C=O) groups excluding carboxylic acids is 2. The fourth-order valence-corrected chi connectivity index (χ4v) is 6.63. The third kappa shape index (κ3) is 5.03. The largest absolute Gasteiger partial charge is 0.381 e. The Morgan fingerprint density at radius 2 is 1.90 bits per heavy atom. The van der Waals surface area contributed by atoms with E-state index in [1.807, 2.05) is 19.1 Å². The van der Waals surface area contributed by atoms with Gasteiger partial charge in [0.2, 0.25) is 0 Å². The van der Waals surface area contributed by atoms with Crippen molar-refractivity contribution in [3.05, 3.63) is 53.0 Å². The SMILES string of the molecule is Cc1[nH]c(-c2cc(-c3cc4c(c(S(C)(=O)=O)c3)C(=O)N([C@@H](C)C3CC3)C4)ccn2)nc1C(=O)NC1CCOCC1. The van der Waals surface area contributed by atoms with Gasteiger partial charge in [-0.25, -0.2) is 13.4 Å². The van der Waals surface area contributed by atoms with Crippen LogP contribution in [0.15, 0.2) is 35.4 Å². The van der Waals surface area contributed by atoms with Crippen molar-refractivity contribution in [1.29, 1.82) is 0 Å². The highest BCUT2D eigenvalue weighted by Crippen LogP contribution is 2.41. The first-order valence-corrected chi connectivity index (χ1v) is 15.6. The van der Waals surface area contributed by atoms with Crippen LogP contribution < -0.4 is 5.32 Å². The number of H-pyrrole nitrogens is 1. The topological polar surface area (TPSA) is 134 Å². The van der Waals surface area contributed by atoms with Gasteiger partial charge in [0.05, 0.1) is 10.5 Å². The van der Waals surface area contributed by atoms with Crippen LogP contribution in [0.25, 0.3) is 22.6 Å². The molecule has 0 bridgehead atoms. The fourth-order valence-electron chi connectivity index (χ4n) is 5.70. The minimum Gasteiger partial charge on any atom is -0.381 e. The Bertz CT molecular complexity index is 1600. The van der Waals surface area contributed by atoms with E-state index in [0.29, 0.717) is 54.1 Å². The highest BCUT2D eigenvalue weighted by molar-refractivity contribution is 7.90. The molecule has 0 unspecified atom stereocenters. The lowest BCUT2D eigenvalue weighted by molar-refractivity contribution is 0.0687. The van der Waals surface area contributed by atoms with Crippen molar-refractivity contribution in [3.63, 3.8) is 0 Å². The number of benzene rings is 1. The molecule has 2 aromatic heterocycles. The van der Waals surface area contributed by atoms with E-state index in [0.717, 1.165) is 43.1 Å². The second-order valence-electron chi connectivity index (χ2n) is 11.1. The maximum absolute atomic E-state index is 13.3. The molecule has 3 aliphatic rings. The molecule has 1 saturated heterocycles. The normalized spacial score (nSPS) is 18.6. The maximum Gasteiger partial charge on any atom is 0.271 e. The first-order valence-electron chi connectivity index (χ1n) is 13.7. The Morgan fingerprint density at radius 1 is 1.15 bits per heavy atom. The van der Waals surface area contributed by atoms with Crippen LogP contribution in [0.5, 0.6) is 0 Å². The molecule has 1 aliphatic carbocycles. The highest BCUT2D eigenvalue weighted by Gasteiger charge is 2.40. The highest BCUT2D eigenvalue weighted by atomic mass is 32.2. The predicted octanol–water partition coefficient (Wildman–Crippen LogP) is 3.51. The van der Waals surface area contributed by atoms with Crippen LogP contribution in [0, 0.1) is 12.8 Å². The van der Waals surface area contributed by atoms with Crippen molar-refractivity contribution >= 4 is 21.7 Å². The number of aromatic amines is 1. The first kappa shape index (κ1) is 26.6. The second kappa shape index (κ2) is 10.1. The molecule has 1 atom stereocenters. The van der Waals surface area contributed by atoms with Crippen molar-refractivity contribution in [1.82, 2.24) is 25.2 Å². The number of fused-ring (bicyclic) bond motifs is 1. The van der Waals surface area contributed by atoms with E-state index >= 15 is 0 Å². The van der Waals surface area contributed by atoms with Crippen LogP contribution in [-0.4, -0.2) is 71.6 Å². The average Bonchev–Trinajstić information content (AvgIpc) is 3.63. The van der Waals surface area contributed by atoms with Gasteiger partial charge in [-0.15, -0.1) is 0 Å². The van der Waals surface area contributed by atoms with E-state index in [2.05, 4.69) is 20.3 Å². The molecule has 3 aromatic rings. The second-order valence-corrected chi connectivity index (χ2v) is 13.1. The number of rotatable bonds is 7. The number of pyridine rings is 1. The molecule has 1 aromatic carbocycles. The molecule has 0 radical (unpaired) electrons. The molecule has 4 heterocycles. The third-order valence-corrected chi connectivity index (χ3v) is 9.31. The fraction of sp³-hybridized carbons (Fsp3) is 0.448. The monoisotopic (exact) mass is 563 g/mol. The van der Waals surface area contributed by atoms with E-state index in [-0.39, 0.29) is 34.4 Å². The molecule has 0 spiro atoms. The Kier molecular flexibility index (Phi) is 6.74. The van der Waals surface area contributed by atoms with Gasteiger partial charge in [0.25, 0.3) is 11.8 Å². The van der Waals surface area contributed by atoms with Crippen molar-refractivity contribution in [2.24, 2.45) is 5.92 Å². The number of aryl methyl sites for hydroxylation is 1. The summed E-state index contributed by atoms with van der Waals surface area (Å²) in [6, 6.07) is 7.22.